The molecule has 0 bridgehead atoms. The lowest BCUT2D eigenvalue weighted by Gasteiger charge is -2.41. The maximum absolute atomic E-state index is 10.2. The van der Waals surface area contributed by atoms with Gasteiger partial charge in [-0.25, -0.2) is 0 Å². The number of aliphatic hydroxyl groups is 1. The number of hydrogen-bond acceptors (Lipinski definition) is 3. The molecule has 17 heavy (non-hydrogen) atoms. The van der Waals surface area contributed by atoms with E-state index in [0.29, 0.717) is 19.1 Å². The van der Waals surface area contributed by atoms with E-state index in [9.17, 15) is 5.11 Å². The van der Waals surface area contributed by atoms with E-state index in [0.717, 1.165) is 12.8 Å². The number of nitrogens with zero attached hydrogens (tertiary/aromatic N) is 1. The topological polar surface area (TPSA) is 49.5 Å². The van der Waals surface area contributed by atoms with E-state index in [1.165, 1.54) is 11.3 Å². The summed E-state index contributed by atoms with van der Waals surface area (Å²) in [5.74, 6) is 0. The predicted octanol–water partition coefficient (Wildman–Crippen LogP) is 1.54. The van der Waals surface area contributed by atoms with E-state index >= 15 is 0 Å². The van der Waals surface area contributed by atoms with Gasteiger partial charge in [0, 0.05) is 24.8 Å². The third-order valence-electron chi connectivity index (χ3n) is 3.62. The first-order chi connectivity index (χ1) is 8.03. The average molecular weight is 234 g/mol. The summed E-state index contributed by atoms with van der Waals surface area (Å²) >= 11 is 0. The summed E-state index contributed by atoms with van der Waals surface area (Å²) in [7, 11) is 0. The monoisotopic (exact) mass is 234 g/mol. The van der Waals surface area contributed by atoms with Crippen LogP contribution in [0, 0.1) is 0 Å². The summed E-state index contributed by atoms with van der Waals surface area (Å²) in [5.41, 5.74) is 7.42. The van der Waals surface area contributed by atoms with E-state index in [-0.39, 0.29) is 0 Å². The number of hydrogen-bond donors (Lipinski definition) is 2. The number of β-amino-alcohol motifs (C(OH)–C–C–N with tert-alkyl or cyclic N) is 1. The van der Waals surface area contributed by atoms with Crippen molar-refractivity contribution in [2.45, 2.75) is 38.3 Å². The molecule has 0 aromatic heterocycles. The highest BCUT2D eigenvalue weighted by molar-refractivity contribution is 5.56. The Hall–Kier alpha value is -1.06. The van der Waals surface area contributed by atoms with Crippen LogP contribution in [0.2, 0.25) is 0 Å². The van der Waals surface area contributed by atoms with Gasteiger partial charge in [-0.15, -0.1) is 0 Å². The molecule has 2 atom stereocenters. The highest BCUT2D eigenvalue weighted by atomic mass is 16.3. The molecule has 0 amide bonds. The molecule has 0 spiro atoms. The molecule has 0 saturated heterocycles. The van der Waals surface area contributed by atoms with Gasteiger partial charge in [-0.3, -0.25) is 0 Å². The molecule has 3 N–H and O–H groups in total. The highest BCUT2D eigenvalue weighted by Gasteiger charge is 2.29. The number of aryl methyl sites for hydroxylation is 1. The zero-order valence-electron chi connectivity index (χ0n) is 10.7. The number of fused-ring (bicyclic) bond motifs is 1. The van der Waals surface area contributed by atoms with E-state index < -0.39 is 5.60 Å². The standard InChI is InChI=1S/C14H22N2O/c1-11-7-8-12-5-3-4-6-13(12)16(11)10-14(2,17)9-15/h3-6,11,17H,7-10,15H2,1-2H3. The molecule has 2 unspecified atom stereocenters. The van der Waals surface area contributed by atoms with Crippen LogP contribution >= 0.6 is 0 Å². The molecule has 3 nitrogen and oxygen atoms in total. The first kappa shape index (κ1) is 12.4. The van der Waals surface area contributed by atoms with Crippen LogP contribution < -0.4 is 10.6 Å². The highest BCUT2D eigenvalue weighted by Crippen LogP contribution is 2.31. The van der Waals surface area contributed by atoms with Gasteiger partial charge in [0.05, 0.1) is 5.60 Å². The second kappa shape index (κ2) is 4.67. The Balaban J connectivity index is 2.27. The largest absolute Gasteiger partial charge is 0.387 e. The van der Waals surface area contributed by atoms with Crippen molar-refractivity contribution in [2.75, 3.05) is 18.0 Å². The second-order valence-electron chi connectivity index (χ2n) is 5.35. The Morgan fingerprint density at radius 3 is 2.88 bits per heavy atom. The lowest BCUT2D eigenvalue weighted by molar-refractivity contribution is 0.0737. The van der Waals surface area contributed by atoms with Crippen LogP contribution in [0.5, 0.6) is 0 Å². The van der Waals surface area contributed by atoms with Crippen molar-refractivity contribution in [3.8, 4) is 0 Å². The molecular weight excluding hydrogens is 212 g/mol. The van der Waals surface area contributed by atoms with Crippen molar-refractivity contribution < 1.29 is 5.11 Å². The molecule has 2 rings (SSSR count). The summed E-state index contributed by atoms with van der Waals surface area (Å²) in [6.45, 7) is 4.90. The minimum Gasteiger partial charge on any atom is -0.387 e. The maximum Gasteiger partial charge on any atom is 0.0915 e. The van der Waals surface area contributed by atoms with Crippen molar-refractivity contribution in [3.05, 3.63) is 29.8 Å². The predicted molar refractivity (Wildman–Crippen MR) is 71.2 cm³/mol. The Morgan fingerprint density at radius 1 is 1.47 bits per heavy atom. The molecule has 0 saturated carbocycles. The van der Waals surface area contributed by atoms with Gasteiger partial charge in [-0.2, -0.15) is 0 Å². The van der Waals surface area contributed by atoms with Crippen LogP contribution in [0.15, 0.2) is 24.3 Å². The molecule has 1 aliphatic heterocycles. The van der Waals surface area contributed by atoms with E-state index in [4.69, 9.17) is 5.73 Å². The first-order valence-corrected chi connectivity index (χ1v) is 6.30. The summed E-state index contributed by atoms with van der Waals surface area (Å²) in [4.78, 5) is 2.28. The Morgan fingerprint density at radius 2 is 2.18 bits per heavy atom. The molecular formula is C14H22N2O. The smallest absolute Gasteiger partial charge is 0.0915 e. The maximum atomic E-state index is 10.2. The van der Waals surface area contributed by atoms with Gasteiger partial charge < -0.3 is 15.7 Å². The summed E-state index contributed by atoms with van der Waals surface area (Å²) in [6, 6.07) is 8.90. The van der Waals surface area contributed by atoms with Gasteiger partial charge in [-0.1, -0.05) is 18.2 Å². The van der Waals surface area contributed by atoms with Crippen LogP contribution in [0.4, 0.5) is 5.69 Å². The van der Waals surface area contributed by atoms with Crippen LogP contribution in [-0.2, 0) is 6.42 Å². The number of para-hydroxylation sites is 1. The number of rotatable bonds is 3. The minimum atomic E-state index is -0.821. The molecule has 0 fully saturated rings. The Kier molecular flexibility index (Phi) is 3.40. The fraction of sp³-hybridized carbons (Fsp3) is 0.571. The molecule has 1 aromatic carbocycles. The zero-order chi connectivity index (χ0) is 12.5. The summed E-state index contributed by atoms with van der Waals surface area (Å²) < 4.78 is 0. The van der Waals surface area contributed by atoms with Gasteiger partial charge in [0.1, 0.15) is 0 Å². The summed E-state index contributed by atoms with van der Waals surface area (Å²) in [6.07, 6.45) is 2.26. The lowest BCUT2D eigenvalue weighted by atomic mass is 9.94. The van der Waals surface area contributed by atoms with Gasteiger partial charge >= 0.3 is 0 Å². The van der Waals surface area contributed by atoms with Crippen molar-refractivity contribution in [3.63, 3.8) is 0 Å². The number of anilines is 1. The molecule has 0 aliphatic carbocycles. The normalized spacial score (nSPS) is 23.1. The molecule has 1 aliphatic rings. The van der Waals surface area contributed by atoms with Crippen molar-refractivity contribution in [1.29, 1.82) is 0 Å². The molecule has 94 valence electrons. The first-order valence-electron chi connectivity index (χ1n) is 6.30. The third-order valence-corrected chi connectivity index (χ3v) is 3.62. The lowest BCUT2D eigenvalue weighted by Crippen LogP contribution is -2.50. The van der Waals surface area contributed by atoms with Crippen molar-refractivity contribution >= 4 is 5.69 Å². The van der Waals surface area contributed by atoms with E-state index in [1.807, 2.05) is 0 Å². The van der Waals surface area contributed by atoms with E-state index in [2.05, 4.69) is 36.1 Å². The van der Waals surface area contributed by atoms with Gasteiger partial charge in [0.15, 0.2) is 0 Å². The fourth-order valence-electron chi connectivity index (χ4n) is 2.43. The van der Waals surface area contributed by atoms with Crippen molar-refractivity contribution in [1.82, 2.24) is 0 Å². The molecule has 3 heteroatoms. The molecule has 1 aromatic rings. The number of benzene rings is 1. The molecule has 0 radical (unpaired) electrons. The van der Waals surface area contributed by atoms with Crippen LogP contribution in [-0.4, -0.2) is 29.8 Å². The zero-order valence-corrected chi connectivity index (χ0v) is 10.7. The Bertz CT molecular complexity index is 390. The van der Waals surface area contributed by atoms with Gasteiger partial charge in [0.2, 0.25) is 0 Å². The SMILES string of the molecule is CC1CCc2ccccc2N1CC(C)(O)CN. The number of nitrogens with two attached hydrogens (primary N) is 1. The fourth-order valence-corrected chi connectivity index (χ4v) is 2.43. The second-order valence-corrected chi connectivity index (χ2v) is 5.35. The van der Waals surface area contributed by atoms with Gasteiger partial charge in [-0.05, 0) is 38.3 Å². The summed E-state index contributed by atoms with van der Waals surface area (Å²) in [5, 5.41) is 10.2. The van der Waals surface area contributed by atoms with E-state index in [1.54, 1.807) is 6.92 Å². The minimum absolute atomic E-state index is 0.290. The Labute approximate surface area is 103 Å². The van der Waals surface area contributed by atoms with Crippen LogP contribution in [0.1, 0.15) is 25.8 Å². The quantitative estimate of drug-likeness (QED) is 0.834. The molecule has 1 heterocycles. The average Bonchev–Trinajstić information content (AvgIpc) is 2.33. The van der Waals surface area contributed by atoms with Crippen LogP contribution in [0.25, 0.3) is 0 Å². The third kappa shape index (κ3) is 2.61. The van der Waals surface area contributed by atoms with Crippen molar-refractivity contribution in [2.24, 2.45) is 5.73 Å². The van der Waals surface area contributed by atoms with Gasteiger partial charge in [0.25, 0.3) is 0 Å². The van der Waals surface area contributed by atoms with Crippen LogP contribution in [0.3, 0.4) is 0 Å².